The van der Waals surface area contributed by atoms with Crippen LogP contribution in [0.5, 0.6) is 11.5 Å². The van der Waals surface area contributed by atoms with Crippen LogP contribution in [0.15, 0.2) is 48.6 Å². The Bertz CT molecular complexity index is 882. The molecular formula is C21H20N2O2. The van der Waals surface area contributed by atoms with Gasteiger partial charge in [0.2, 0.25) is 0 Å². The maximum atomic E-state index is 9.20. The van der Waals surface area contributed by atoms with Crippen molar-refractivity contribution in [1.29, 1.82) is 5.26 Å². The number of benzene rings is 2. The number of nitrogens with one attached hydrogen (secondary N) is 1. The van der Waals surface area contributed by atoms with Crippen LogP contribution < -0.4 is 14.8 Å². The van der Waals surface area contributed by atoms with Crippen molar-refractivity contribution in [2.24, 2.45) is 5.92 Å². The first-order valence-electron chi connectivity index (χ1n) is 8.44. The van der Waals surface area contributed by atoms with Crippen molar-refractivity contribution in [3.63, 3.8) is 0 Å². The van der Waals surface area contributed by atoms with E-state index in [-0.39, 0.29) is 6.04 Å². The lowest BCUT2D eigenvalue weighted by Gasteiger charge is -2.37. The first kappa shape index (κ1) is 15.6. The van der Waals surface area contributed by atoms with Crippen LogP contribution in [0.1, 0.15) is 35.1 Å². The Morgan fingerprint density at radius 3 is 2.68 bits per heavy atom. The molecule has 4 heteroatoms. The molecular weight excluding hydrogens is 312 g/mol. The smallest absolute Gasteiger partial charge is 0.161 e. The highest BCUT2D eigenvalue weighted by molar-refractivity contribution is 5.62. The number of hydrogen-bond acceptors (Lipinski definition) is 4. The molecule has 0 spiro atoms. The fourth-order valence-electron chi connectivity index (χ4n) is 4.04. The monoisotopic (exact) mass is 332 g/mol. The first-order valence-corrected chi connectivity index (χ1v) is 8.44. The van der Waals surface area contributed by atoms with E-state index in [1.807, 2.05) is 24.3 Å². The van der Waals surface area contributed by atoms with Crippen molar-refractivity contribution in [3.8, 4) is 17.6 Å². The molecule has 2 aromatic carbocycles. The van der Waals surface area contributed by atoms with E-state index < -0.39 is 0 Å². The lowest BCUT2D eigenvalue weighted by Crippen LogP contribution is -2.29. The van der Waals surface area contributed by atoms with Gasteiger partial charge in [-0.3, -0.25) is 0 Å². The number of rotatable bonds is 3. The number of allylic oxidation sites excluding steroid dienone is 2. The highest BCUT2D eigenvalue weighted by Gasteiger charge is 2.38. The van der Waals surface area contributed by atoms with Gasteiger partial charge in [0.25, 0.3) is 0 Å². The number of anilines is 1. The zero-order valence-corrected chi connectivity index (χ0v) is 14.3. The Balaban J connectivity index is 1.76. The average Bonchev–Trinajstić information content (AvgIpc) is 3.16. The second-order valence-electron chi connectivity index (χ2n) is 6.50. The minimum absolute atomic E-state index is 0.195. The molecule has 0 amide bonds. The number of nitrogens with zero attached hydrogens (tertiary/aromatic N) is 1. The molecule has 3 unspecified atom stereocenters. The van der Waals surface area contributed by atoms with E-state index >= 15 is 0 Å². The molecule has 0 saturated heterocycles. The van der Waals surface area contributed by atoms with Gasteiger partial charge >= 0.3 is 0 Å². The molecule has 3 atom stereocenters. The third-order valence-corrected chi connectivity index (χ3v) is 5.26. The minimum Gasteiger partial charge on any atom is -0.493 e. The van der Waals surface area contributed by atoms with Gasteiger partial charge in [0, 0.05) is 11.6 Å². The molecule has 0 radical (unpaired) electrons. The van der Waals surface area contributed by atoms with E-state index in [1.54, 1.807) is 14.2 Å². The van der Waals surface area contributed by atoms with Crippen molar-refractivity contribution < 1.29 is 9.47 Å². The van der Waals surface area contributed by atoms with Crippen molar-refractivity contribution >= 4 is 5.69 Å². The van der Waals surface area contributed by atoms with Crippen LogP contribution in [0.2, 0.25) is 0 Å². The molecule has 4 rings (SSSR count). The number of ether oxygens (including phenoxy) is 2. The summed E-state index contributed by atoms with van der Waals surface area (Å²) in [6.45, 7) is 0. The zero-order valence-electron chi connectivity index (χ0n) is 14.3. The summed E-state index contributed by atoms with van der Waals surface area (Å²) in [6.07, 6.45) is 5.55. The molecule has 2 aliphatic rings. The number of fused-ring (bicyclic) bond motifs is 3. The highest BCUT2D eigenvalue weighted by Crippen LogP contribution is 2.50. The molecule has 4 nitrogen and oxygen atoms in total. The van der Waals surface area contributed by atoms with Gasteiger partial charge in [0.15, 0.2) is 11.5 Å². The zero-order chi connectivity index (χ0) is 17.4. The van der Waals surface area contributed by atoms with Gasteiger partial charge in [-0.2, -0.15) is 5.26 Å². The summed E-state index contributed by atoms with van der Waals surface area (Å²) < 4.78 is 10.8. The Morgan fingerprint density at radius 2 is 1.92 bits per heavy atom. The van der Waals surface area contributed by atoms with E-state index in [2.05, 4.69) is 35.7 Å². The normalized spacial score (nSPS) is 23.2. The summed E-state index contributed by atoms with van der Waals surface area (Å²) in [5.74, 6) is 2.25. The molecule has 1 aliphatic carbocycles. The van der Waals surface area contributed by atoms with Gasteiger partial charge in [-0.25, -0.2) is 0 Å². The van der Waals surface area contributed by atoms with E-state index in [4.69, 9.17) is 9.47 Å². The van der Waals surface area contributed by atoms with Gasteiger partial charge in [0.05, 0.1) is 31.9 Å². The first-order chi connectivity index (χ1) is 12.2. The lowest BCUT2D eigenvalue weighted by molar-refractivity contribution is 0.353. The van der Waals surface area contributed by atoms with E-state index in [9.17, 15) is 5.26 Å². The third-order valence-electron chi connectivity index (χ3n) is 5.26. The summed E-state index contributed by atoms with van der Waals surface area (Å²) in [5, 5.41) is 12.9. The fourth-order valence-corrected chi connectivity index (χ4v) is 4.04. The van der Waals surface area contributed by atoms with Crippen LogP contribution in [0, 0.1) is 17.2 Å². The van der Waals surface area contributed by atoms with Crippen LogP contribution in [0.4, 0.5) is 5.69 Å². The van der Waals surface area contributed by atoms with Crippen molar-refractivity contribution in [1.82, 2.24) is 0 Å². The second-order valence-corrected chi connectivity index (χ2v) is 6.50. The fraction of sp³-hybridized carbons (Fsp3) is 0.286. The molecule has 1 heterocycles. The molecule has 0 bridgehead atoms. The quantitative estimate of drug-likeness (QED) is 0.846. The molecule has 126 valence electrons. The summed E-state index contributed by atoms with van der Waals surface area (Å²) in [6, 6.07) is 14.5. The van der Waals surface area contributed by atoms with Gasteiger partial charge in [-0.15, -0.1) is 0 Å². The molecule has 0 aromatic heterocycles. The number of methoxy groups -OCH3 is 2. The van der Waals surface area contributed by atoms with Gasteiger partial charge in [0.1, 0.15) is 0 Å². The highest BCUT2D eigenvalue weighted by atomic mass is 16.5. The predicted molar refractivity (Wildman–Crippen MR) is 97.1 cm³/mol. The molecule has 2 aromatic rings. The van der Waals surface area contributed by atoms with E-state index in [0.717, 1.165) is 23.6 Å². The summed E-state index contributed by atoms with van der Waals surface area (Å²) in [4.78, 5) is 0. The van der Waals surface area contributed by atoms with Gasteiger partial charge < -0.3 is 14.8 Å². The van der Waals surface area contributed by atoms with Gasteiger partial charge in [-0.1, -0.05) is 18.2 Å². The Morgan fingerprint density at radius 1 is 1.08 bits per heavy atom. The lowest BCUT2D eigenvalue weighted by atomic mass is 9.76. The van der Waals surface area contributed by atoms with Crippen LogP contribution in [0.25, 0.3) is 0 Å². The molecule has 1 N–H and O–H groups in total. The molecule has 1 aliphatic heterocycles. The Labute approximate surface area is 147 Å². The van der Waals surface area contributed by atoms with Crippen LogP contribution >= 0.6 is 0 Å². The maximum absolute atomic E-state index is 9.20. The number of hydrogen-bond donors (Lipinski definition) is 1. The maximum Gasteiger partial charge on any atom is 0.161 e. The van der Waals surface area contributed by atoms with Crippen molar-refractivity contribution in [2.75, 3.05) is 19.5 Å². The molecule has 0 fully saturated rings. The average molecular weight is 332 g/mol. The largest absolute Gasteiger partial charge is 0.493 e. The summed E-state index contributed by atoms with van der Waals surface area (Å²) >= 11 is 0. The SMILES string of the molecule is COc1ccc(C2Nc3ccc(C#N)cc3C3C=CCC32)cc1OC. The summed E-state index contributed by atoms with van der Waals surface area (Å²) in [7, 11) is 3.31. The second kappa shape index (κ2) is 6.18. The predicted octanol–water partition coefficient (Wildman–Crippen LogP) is 4.40. The number of nitriles is 1. The minimum atomic E-state index is 0.195. The van der Waals surface area contributed by atoms with E-state index in [0.29, 0.717) is 17.4 Å². The Hall–Kier alpha value is -2.93. The van der Waals surface area contributed by atoms with Crippen molar-refractivity contribution in [2.45, 2.75) is 18.4 Å². The topological polar surface area (TPSA) is 54.3 Å². The summed E-state index contributed by atoms with van der Waals surface area (Å²) in [5.41, 5.74) is 4.22. The van der Waals surface area contributed by atoms with Crippen molar-refractivity contribution in [3.05, 3.63) is 65.2 Å². The van der Waals surface area contributed by atoms with Crippen LogP contribution in [-0.4, -0.2) is 14.2 Å². The molecule has 0 saturated carbocycles. The van der Waals surface area contributed by atoms with E-state index in [1.165, 1.54) is 11.1 Å². The Kier molecular flexibility index (Phi) is 3.85. The van der Waals surface area contributed by atoms with Crippen LogP contribution in [-0.2, 0) is 0 Å². The van der Waals surface area contributed by atoms with Gasteiger partial charge in [-0.05, 0) is 53.8 Å². The third kappa shape index (κ3) is 2.53. The molecule has 25 heavy (non-hydrogen) atoms. The standard InChI is InChI=1S/C21H20N2O2/c1-24-19-9-7-14(11-20(19)25-2)21-16-5-3-4-15(16)17-10-13(12-22)6-8-18(17)23-21/h3-4,6-11,15-16,21,23H,5H2,1-2H3. The van der Waals surface area contributed by atoms with Crippen LogP contribution in [0.3, 0.4) is 0 Å².